The summed E-state index contributed by atoms with van der Waals surface area (Å²) in [6.45, 7) is 23.0. The van der Waals surface area contributed by atoms with E-state index in [2.05, 4.69) is 162 Å². The van der Waals surface area contributed by atoms with Crippen molar-refractivity contribution in [1.29, 1.82) is 0 Å². The third kappa shape index (κ3) is 14.1. The Balaban J connectivity index is 0.000000344. The average molecular weight is 942 g/mol. The van der Waals surface area contributed by atoms with Crippen molar-refractivity contribution in [3.63, 3.8) is 0 Å². The van der Waals surface area contributed by atoms with E-state index in [1.807, 2.05) is 6.92 Å². The van der Waals surface area contributed by atoms with E-state index in [4.69, 9.17) is 0 Å². The molecule has 8 rings (SSSR count). The molecule has 0 amide bonds. The van der Waals surface area contributed by atoms with E-state index in [-0.39, 0.29) is 32.2 Å². The summed E-state index contributed by atoms with van der Waals surface area (Å²) in [6, 6.07) is 42.0. The van der Waals surface area contributed by atoms with E-state index >= 15 is 0 Å². The van der Waals surface area contributed by atoms with Crippen LogP contribution in [0.1, 0.15) is 75.8 Å². The van der Waals surface area contributed by atoms with Gasteiger partial charge in [-0.05, 0) is 35.8 Å². The van der Waals surface area contributed by atoms with Crippen LogP contribution in [0.4, 0.5) is 0 Å². The molecule has 0 aromatic heterocycles. The topological polar surface area (TPSA) is 0 Å². The van der Waals surface area contributed by atoms with E-state index in [1.165, 1.54) is 153 Å². The van der Waals surface area contributed by atoms with Crippen LogP contribution in [0.25, 0.3) is 43.8 Å². The molecular weight excluding hydrogens is 871 g/mol. The first-order chi connectivity index (χ1) is 26.4. The molecule has 0 atom stereocenters. The molecule has 0 unspecified atom stereocenters. The van der Waals surface area contributed by atoms with Gasteiger partial charge in [0, 0.05) is 0 Å². The molecule has 0 nitrogen and oxygen atoms in total. The number of halogens is 2. The molecule has 2 saturated carbocycles. The van der Waals surface area contributed by atoms with Crippen LogP contribution in [0.3, 0.4) is 0 Å². The molecule has 0 N–H and O–H groups in total. The van der Waals surface area contributed by atoms with Crippen molar-refractivity contribution >= 4 is 79.8 Å². The van der Waals surface area contributed by atoms with Crippen molar-refractivity contribution in [2.45, 2.75) is 117 Å². The van der Waals surface area contributed by atoms with Crippen molar-refractivity contribution < 1.29 is 23.3 Å². The number of hydrogen-bond acceptors (Lipinski definition) is 0. The Hall–Kier alpha value is -1.79. The predicted molar refractivity (Wildman–Crippen MR) is 270 cm³/mol. The molecule has 6 heteroatoms. The van der Waals surface area contributed by atoms with Gasteiger partial charge >= 0.3 is 30.2 Å². The van der Waals surface area contributed by atoms with Crippen molar-refractivity contribution in [3.05, 3.63) is 135 Å². The monoisotopic (exact) mass is 938 g/mol. The summed E-state index contributed by atoms with van der Waals surface area (Å²) in [7, 11) is -2.46. The van der Waals surface area contributed by atoms with Gasteiger partial charge in [-0.2, -0.15) is 18.6 Å². The Kier molecular flexibility index (Phi) is 22.2. The normalized spacial score (nSPS) is 14.1. The third-order valence-electron chi connectivity index (χ3n) is 11.7. The summed E-state index contributed by atoms with van der Waals surface area (Å²) >= 11 is 1.36. The van der Waals surface area contributed by atoms with E-state index in [1.54, 1.807) is 0 Å². The zero-order valence-corrected chi connectivity index (χ0v) is 43.9. The molecule has 2 aliphatic rings. The van der Waals surface area contributed by atoms with Gasteiger partial charge in [0.1, 0.15) is 0 Å². The van der Waals surface area contributed by atoms with Crippen molar-refractivity contribution in [3.8, 4) is 22.3 Å². The van der Waals surface area contributed by atoms with Crippen LogP contribution in [0.15, 0.2) is 109 Å². The molecule has 6 aromatic carbocycles. The molecule has 2 radical (unpaired) electrons. The van der Waals surface area contributed by atoms with Crippen molar-refractivity contribution in [1.82, 2.24) is 0 Å². The maximum absolute atomic E-state index is 3.49. The fourth-order valence-corrected chi connectivity index (χ4v) is 11.1. The van der Waals surface area contributed by atoms with E-state index in [9.17, 15) is 0 Å². The minimum absolute atomic E-state index is 0. The van der Waals surface area contributed by atoms with Crippen LogP contribution < -0.4 is 10.4 Å². The number of fused-ring (bicyclic) bond motifs is 2. The summed E-state index contributed by atoms with van der Waals surface area (Å²) in [6.07, 6.45) is 14.9. The minimum atomic E-state index is -1.23. The zero-order valence-electron chi connectivity index (χ0n) is 36.8. The second-order valence-corrected chi connectivity index (χ2v) is 28.4. The molecule has 0 bridgehead atoms. The summed E-state index contributed by atoms with van der Waals surface area (Å²) in [4.78, 5) is 0. The van der Waals surface area contributed by atoms with E-state index in [0.717, 1.165) is 18.3 Å². The SMILES string of the molecule is C[Si](C)(C)c1ccc(-c2cccc3[cH-]c(CC4CCCC4)cc23)cc1.C[Si](C)(C)c1ccc(-c2cccc3[cH-]c(CC4CCCC4)cc23)cc1.Cl.Cl.[CH2-]CC.[CH3-].[Si]=[Zr]. The van der Waals surface area contributed by atoms with Gasteiger partial charge in [-0.15, -0.1) is 93.9 Å². The predicted octanol–water partition coefficient (Wildman–Crippen LogP) is 15.1. The fourth-order valence-electron chi connectivity index (χ4n) is 8.73. The molecular formula is C52H70Cl2Si3Zr-4. The molecule has 312 valence electrons. The van der Waals surface area contributed by atoms with Crippen LogP contribution >= 0.6 is 24.8 Å². The first-order valence-corrected chi connectivity index (χ1v) is 32.2. The van der Waals surface area contributed by atoms with Crippen LogP contribution in [0.2, 0.25) is 39.3 Å². The molecule has 0 heterocycles. The van der Waals surface area contributed by atoms with Crippen LogP contribution in [-0.4, -0.2) is 23.0 Å². The third-order valence-corrected chi connectivity index (χ3v) is 15.9. The van der Waals surface area contributed by atoms with Crippen LogP contribution in [0.5, 0.6) is 0 Å². The zero-order chi connectivity index (χ0) is 39.6. The quantitative estimate of drug-likeness (QED) is 0.105. The van der Waals surface area contributed by atoms with Gasteiger partial charge in [0.05, 0.1) is 16.1 Å². The second-order valence-electron chi connectivity index (χ2n) is 18.2. The number of rotatable bonds is 8. The van der Waals surface area contributed by atoms with Gasteiger partial charge in [0.2, 0.25) is 0 Å². The van der Waals surface area contributed by atoms with E-state index in [0.29, 0.717) is 0 Å². The molecule has 2 fully saturated rings. The van der Waals surface area contributed by atoms with Gasteiger partial charge in [0.25, 0.3) is 0 Å². The van der Waals surface area contributed by atoms with E-state index < -0.39 is 16.1 Å². The molecule has 0 aliphatic heterocycles. The van der Waals surface area contributed by atoms with Crippen LogP contribution in [-0.2, 0) is 36.2 Å². The van der Waals surface area contributed by atoms with Gasteiger partial charge in [-0.25, -0.2) is 0 Å². The summed E-state index contributed by atoms with van der Waals surface area (Å²) in [5.41, 5.74) is 8.55. The first kappa shape index (κ1) is 52.4. The van der Waals surface area contributed by atoms with Gasteiger partial charge in [-0.1, -0.05) is 180 Å². The van der Waals surface area contributed by atoms with Crippen LogP contribution in [0, 0.1) is 26.2 Å². The van der Waals surface area contributed by atoms with Crippen molar-refractivity contribution in [2.24, 2.45) is 11.8 Å². The fraction of sp³-hybridized carbons (Fsp3) is 0.385. The van der Waals surface area contributed by atoms with Gasteiger partial charge in [-0.3, -0.25) is 0 Å². The van der Waals surface area contributed by atoms with Gasteiger partial charge < -0.3 is 14.4 Å². The summed E-state index contributed by atoms with van der Waals surface area (Å²) in [5, 5.41) is 8.73. The Morgan fingerprint density at radius 1 is 0.569 bits per heavy atom. The number of benzene rings is 4. The Morgan fingerprint density at radius 3 is 1.17 bits per heavy atom. The molecule has 2 aliphatic carbocycles. The Bertz CT molecular complexity index is 1920. The molecule has 6 aromatic rings. The summed E-state index contributed by atoms with van der Waals surface area (Å²) in [5.74, 6) is 1.83. The average Bonchev–Trinajstić information content (AvgIpc) is 4.01. The van der Waals surface area contributed by atoms with Crippen molar-refractivity contribution in [2.75, 3.05) is 0 Å². The van der Waals surface area contributed by atoms with Gasteiger partial charge in [0.15, 0.2) is 0 Å². The molecule has 0 spiro atoms. The second kappa shape index (κ2) is 24.6. The summed E-state index contributed by atoms with van der Waals surface area (Å²) < 4.78 is 0. The standard InChI is InChI=1S/2C24H29Si.C3H7.CH3.2ClH.Si.Zr/c2*1-25(2,3)22-13-11-20(12-14-22)23-10-6-9-21-16-19(17-24(21)23)15-18-7-4-5-8-18;1-3-2;;;;;/h2*6,9-14,16-18H,4-5,7-8,15H2,1-3H3;1,3H2,2H3;1H3;2*1H;;/q4*-1;;;;. The first-order valence-electron chi connectivity index (χ1n) is 21.1. The molecule has 58 heavy (non-hydrogen) atoms. The number of hydrogen-bond donors (Lipinski definition) is 0. The Labute approximate surface area is 385 Å². The molecule has 0 saturated heterocycles. The Morgan fingerprint density at radius 2 is 0.879 bits per heavy atom. The maximum atomic E-state index is 3.49.